The van der Waals surface area contributed by atoms with E-state index in [-0.39, 0.29) is 23.7 Å². The Labute approximate surface area is 176 Å². The van der Waals surface area contributed by atoms with Gasteiger partial charge in [0.05, 0.1) is 23.0 Å². The fraction of sp³-hybridized carbons (Fsp3) is 0.421. The molecule has 0 radical (unpaired) electrons. The molecule has 0 bridgehead atoms. The number of halogens is 4. The van der Waals surface area contributed by atoms with E-state index in [9.17, 15) is 27.6 Å². The van der Waals surface area contributed by atoms with Crippen LogP contribution in [0.5, 0.6) is 0 Å². The highest BCUT2D eigenvalue weighted by Gasteiger charge is 2.45. The number of carboxylic acid groups (broad SMARTS) is 1. The second-order valence-electron chi connectivity index (χ2n) is 6.57. The van der Waals surface area contributed by atoms with Crippen molar-refractivity contribution < 1.29 is 37.4 Å². The minimum absolute atomic E-state index is 0.0166. The molecular weight excluding hydrogens is 429 g/mol. The molecule has 2 amide bonds. The molecule has 0 heterocycles. The molecule has 3 atom stereocenters. The minimum Gasteiger partial charge on any atom is -0.481 e. The van der Waals surface area contributed by atoms with Gasteiger partial charge in [-0.3, -0.25) is 9.59 Å². The number of benzene rings is 1. The van der Waals surface area contributed by atoms with E-state index in [1.807, 2.05) is 5.32 Å². The van der Waals surface area contributed by atoms with Gasteiger partial charge in [-0.2, -0.15) is 13.2 Å². The number of carboxylic acids is 1. The Morgan fingerprint density at radius 1 is 1.30 bits per heavy atom. The van der Waals surface area contributed by atoms with Crippen LogP contribution in [0.25, 0.3) is 0 Å². The third-order valence-electron chi connectivity index (χ3n) is 4.20. The van der Waals surface area contributed by atoms with Crippen LogP contribution in [0.1, 0.15) is 31.7 Å². The van der Waals surface area contributed by atoms with Crippen molar-refractivity contribution >= 4 is 35.3 Å². The molecule has 11 heteroatoms. The van der Waals surface area contributed by atoms with Gasteiger partial charge in [0.15, 0.2) is 0 Å². The number of alkyl halides is 3. The number of alkyl carbamates (subject to hydrolysis) is 1. The van der Waals surface area contributed by atoms with Gasteiger partial charge < -0.3 is 20.5 Å². The van der Waals surface area contributed by atoms with E-state index >= 15 is 0 Å². The molecule has 2 unspecified atom stereocenters. The highest BCUT2D eigenvalue weighted by molar-refractivity contribution is 6.33. The molecule has 0 saturated carbocycles. The summed E-state index contributed by atoms with van der Waals surface area (Å²) in [6.45, 7) is 5.43. The van der Waals surface area contributed by atoms with Gasteiger partial charge in [0.2, 0.25) is 5.91 Å². The Morgan fingerprint density at radius 2 is 1.93 bits per heavy atom. The number of amides is 2. The van der Waals surface area contributed by atoms with Gasteiger partial charge in [0.25, 0.3) is 0 Å². The maximum absolute atomic E-state index is 13.2. The molecule has 3 N–H and O–H groups in total. The molecule has 1 aromatic rings. The number of anilines is 1. The van der Waals surface area contributed by atoms with Gasteiger partial charge in [-0.15, -0.1) is 0 Å². The van der Waals surface area contributed by atoms with E-state index < -0.39 is 42.0 Å². The van der Waals surface area contributed by atoms with Crippen LogP contribution in [0.4, 0.5) is 23.7 Å². The average Bonchev–Trinajstić information content (AvgIpc) is 2.64. The standard InChI is InChI=1S/C19H22ClF3N2O5/c1-4-7-30-18(29)25-16(11(3)19(21,22)23)17(28)24-14-9-12(5-6-13(14)20)10(2)8-15(26)27/h4-6,9-11,16H,1,7-8H2,2-3H3,(H,24,28)(H,25,29)(H,26,27)/t10-,11?,16?/m0/s1. The third kappa shape index (κ3) is 7.58. The van der Waals surface area contributed by atoms with Crippen molar-refractivity contribution in [3.05, 3.63) is 41.4 Å². The lowest BCUT2D eigenvalue weighted by molar-refractivity contribution is -0.178. The van der Waals surface area contributed by atoms with Crippen LogP contribution < -0.4 is 10.6 Å². The van der Waals surface area contributed by atoms with Crippen molar-refractivity contribution in [2.45, 2.75) is 38.4 Å². The van der Waals surface area contributed by atoms with Crippen LogP contribution in [-0.2, 0) is 14.3 Å². The monoisotopic (exact) mass is 450 g/mol. The molecule has 0 spiro atoms. The van der Waals surface area contributed by atoms with Crippen LogP contribution >= 0.6 is 11.6 Å². The first-order valence-electron chi connectivity index (χ1n) is 8.79. The molecule has 0 aromatic heterocycles. The second kappa shape index (κ2) is 10.9. The Balaban J connectivity index is 3.11. The van der Waals surface area contributed by atoms with Crippen molar-refractivity contribution in [1.29, 1.82) is 0 Å². The van der Waals surface area contributed by atoms with E-state index in [4.69, 9.17) is 16.7 Å². The molecule has 1 rings (SSSR count). The third-order valence-corrected chi connectivity index (χ3v) is 4.53. The molecule has 166 valence electrons. The van der Waals surface area contributed by atoms with Crippen LogP contribution in [0.3, 0.4) is 0 Å². The normalized spacial score (nSPS) is 14.2. The first-order valence-corrected chi connectivity index (χ1v) is 9.17. The molecular formula is C19H22ClF3N2O5. The van der Waals surface area contributed by atoms with E-state index in [2.05, 4.69) is 16.6 Å². The van der Waals surface area contributed by atoms with Crippen molar-refractivity contribution in [3.63, 3.8) is 0 Å². The fourth-order valence-corrected chi connectivity index (χ4v) is 2.61. The summed E-state index contributed by atoms with van der Waals surface area (Å²) in [6.07, 6.45) is -4.98. The first-order chi connectivity index (χ1) is 13.9. The van der Waals surface area contributed by atoms with Crippen molar-refractivity contribution in [3.8, 4) is 0 Å². The Morgan fingerprint density at radius 3 is 2.47 bits per heavy atom. The first kappa shape index (κ1) is 25.3. The lowest BCUT2D eigenvalue weighted by Gasteiger charge is -2.26. The zero-order chi connectivity index (χ0) is 23.1. The lowest BCUT2D eigenvalue weighted by Crippen LogP contribution is -2.52. The quantitative estimate of drug-likeness (QED) is 0.485. The zero-order valence-electron chi connectivity index (χ0n) is 16.3. The van der Waals surface area contributed by atoms with Crippen LogP contribution in [-0.4, -0.2) is 41.9 Å². The number of hydrogen-bond donors (Lipinski definition) is 3. The molecule has 0 aliphatic rings. The maximum Gasteiger partial charge on any atom is 0.408 e. The number of aliphatic carboxylic acids is 1. The molecule has 0 aliphatic carbocycles. The summed E-state index contributed by atoms with van der Waals surface area (Å²) in [7, 11) is 0. The average molecular weight is 451 g/mol. The number of carbonyl (C=O) groups excluding carboxylic acids is 2. The summed E-state index contributed by atoms with van der Waals surface area (Å²) < 4.78 is 44.2. The van der Waals surface area contributed by atoms with E-state index in [1.165, 1.54) is 18.2 Å². The van der Waals surface area contributed by atoms with E-state index in [1.54, 1.807) is 13.0 Å². The highest BCUT2D eigenvalue weighted by Crippen LogP contribution is 2.31. The molecule has 0 fully saturated rings. The van der Waals surface area contributed by atoms with E-state index in [0.717, 1.165) is 6.92 Å². The number of ether oxygens (including phenoxy) is 1. The van der Waals surface area contributed by atoms with Crippen LogP contribution in [0.2, 0.25) is 5.02 Å². The SMILES string of the molecule is C=CCOC(=O)NC(C(=O)Nc1cc([C@@H](C)CC(=O)O)ccc1Cl)C(C)C(F)(F)F. The summed E-state index contributed by atoms with van der Waals surface area (Å²) in [5, 5.41) is 13.1. The van der Waals surface area contributed by atoms with Crippen LogP contribution in [0.15, 0.2) is 30.9 Å². The predicted molar refractivity (Wildman–Crippen MR) is 104 cm³/mol. The minimum atomic E-state index is -4.78. The van der Waals surface area contributed by atoms with Gasteiger partial charge in [-0.25, -0.2) is 4.79 Å². The summed E-state index contributed by atoms with van der Waals surface area (Å²) in [6, 6.07) is 2.31. The highest BCUT2D eigenvalue weighted by atomic mass is 35.5. The topological polar surface area (TPSA) is 105 Å². The summed E-state index contributed by atoms with van der Waals surface area (Å²) in [4.78, 5) is 35.2. The number of carbonyl (C=O) groups is 3. The molecule has 0 saturated heterocycles. The smallest absolute Gasteiger partial charge is 0.408 e. The Kier molecular flexibility index (Phi) is 9.16. The number of hydrogen-bond acceptors (Lipinski definition) is 4. The molecule has 1 aromatic carbocycles. The number of rotatable bonds is 9. The van der Waals surface area contributed by atoms with Gasteiger partial charge in [0, 0.05) is 0 Å². The van der Waals surface area contributed by atoms with Crippen molar-refractivity contribution in [2.75, 3.05) is 11.9 Å². The number of nitrogens with one attached hydrogen (secondary N) is 2. The predicted octanol–water partition coefficient (Wildman–Crippen LogP) is 4.34. The molecule has 7 nitrogen and oxygen atoms in total. The molecule has 0 aliphatic heterocycles. The van der Waals surface area contributed by atoms with Gasteiger partial charge in [-0.1, -0.05) is 44.2 Å². The lowest BCUT2D eigenvalue weighted by atomic mass is 9.97. The van der Waals surface area contributed by atoms with Gasteiger partial charge in [0.1, 0.15) is 12.6 Å². The fourth-order valence-electron chi connectivity index (χ4n) is 2.45. The van der Waals surface area contributed by atoms with Crippen LogP contribution in [0, 0.1) is 5.92 Å². The van der Waals surface area contributed by atoms with Crippen molar-refractivity contribution in [1.82, 2.24) is 5.32 Å². The van der Waals surface area contributed by atoms with Gasteiger partial charge in [-0.05, 0) is 23.6 Å². The summed E-state index contributed by atoms with van der Waals surface area (Å²) >= 11 is 6.02. The molecule has 30 heavy (non-hydrogen) atoms. The van der Waals surface area contributed by atoms with E-state index in [0.29, 0.717) is 5.56 Å². The maximum atomic E-state index is 13.2. The Hall–Kier alpha value is -2.75. The summed E-state index contributed by atoms with van der Waals surface area (Å²) in [5.74, 6) is -4.88. The summed E-state index contributed by atoms with van der Waals surface area (Å²) in [5.41, 5.74) is 0.493. The Bertz CT molecular complexity index is 801. The largest absolute Gasteiger partial charge is 0.481 e. The van der Waals surface area contributed by atoms with Gasteiger partial charge >= 0.3 is 18.2 Å². The second-order valence-corrected chi connectivity index (χ2v) is 6.97. The zero-order valence-corrected chi connectivity index (χ0v) is 17.0. The van der Waals surface area contributed by atoms with Crippen molar-refractivity contribution in [2.24, 2.45) is 5.92 Å².